The second kappa shape index (κ2) is 9.82. The van der Waals surface area contributed by atoms with E-state index in [0.29, 0.717) is 12.3 Å². The summed E-state index contributed by atoms with van der Waals surface area (Å²) in [6.45, 7) is 13.6. The largest absolute Gasteiger partial charge is 0.507 e. The van der Waals surface area contributed by atoms with Crippen molar-refractivity contribution in [3.8, 4) is 16.9 Å². The topological polar surface area (TPSA) is 48.4 Å². The maximum absolute atomic E-state index is 10.9. The van der Waals surface area contributed by atoms with Crippen LogP contribution in [0.3, 0.4) is 0 Å². The van der Waals surface area contributed by atoms with E-state index >= 15 is 0 Å². The molecule has 0 fully saturated rings. The molecule has 0 saturated carbocycles. The van der Waals surface area contributed by atoms with Crippen LogP contribution < -0.4 is 10.2 Å². The molecule has 0 saturated heterocycles. The second-order valence-corrected chi connectivity index (χ2v) is 9.18. The zero-order chi connectivity index (χ0) is 19.7. The van der Waals surface area contributed by atoms with E-state index in [-0.39, 0.29) is 35.8 Å². The van der Waals surface area contributed by atoms with E-state index in [9.17, 15) is 5.11 Å². The zero-order valence-electron chi connectivity index (χ0n) is 18.3. The van der Waals surface area contributed by atoms with Gasteiger partial charge < -0.3 is 15.3 Å². The Bertz CT molecular complexity index is 761. The first-order valence-corrected chi connectivity index (χ1v) is 9.13. The van der Waals surface area contributed by atoms with Gasteiger partial charge in [0.2, 0.25) is 0 Å². The summed E-state index contributed by atoms with van der Waals surface area (Å²) in [6.07, 6.45) is 1.83. The number of nitrogens with zero attached hydrogens (tertiary/aromatic N) is 2. The molecule has 0 unspecified atom stereocenters. The van der Waals surface area contributed by atoms with Crippen molar-refractivity contribution in [1.82, 2.24) is 10.3 Å². The molecule has 0 aliphatic rings. The van der Waals surface area contributed by atoms with Gasteiger partial charge in [0.05, 0.1) is 0 Å². The van der Waals surface area contributed by atoms with E-state index in [1.54, 1.807) is 0 Å². The molecule has 158 valence electrons. The van der Waals surface area contributed by atoms with Gasteiger partial charge in [-0.3, -0.25) is 0 Å². The number of pyridine rings is 1. The fourth-order valence-electron chi connectivity index (χ4n) is 2.65. The molecule has 0 atom stereocenters. The van der Waals surface area contributed by atoms with Crippen LogP contribution in [0.15, 0.2) is 30.5 Å². The van der Waals surface area contributed by atoms with Crippen LogP contribution in [0, 0.1) is 0 Å². The van der Waals surface area contributed by atoms with Gasteiger partial charge in [0.25, 0.3) is 0 Å². The number of aromatic nitrogens is 1. The highest BCUT2D eigenvalue weighted by molar-refractivity contribution is 5.85. The summed E-state index contributed by atoms with van der Waals surface area (Å²) in [5.74, 6) is 1.23. The number of halogens is 2. The van der Waals surface area contributed by atoms with Crippen LogP contribution in [0.5, 0.6) is 5.75 Å². The van der Waals surface area contributed by atoms with E-state index in [1.807, 2.05) is 37.3 Å². The zero-order valence-corrected chi connectivity index (χ0v) is 19.9. The lowest BCUT2D eigenvalue weighted by Crippen LogP contribution is -2.35. The molecule has 0 aliphatic heterocycles. The summed E-state index contributed by atoms with van der Waals surface area (Å²) < 4.78 is 0. The molecule has 2 aromatic rings. The van der Waals surface area contributed by atoms with Gasteiger partial charge in [-0.05, 0) is 49.9 Å². The molecule has 0 radical (unpaired) electrons. The summed E-state index contributed by atoms with van der Waals surface area (Å²) in [7, 11) is 3.94. The molecule has 0 amide bonds. The molecular weight excluding hydrogens is 393 g/mol. The van der Waals surface area contributed by atoms with Gasteiger partial charge in [-0.15, -0.1) is 24.8 Å². The number of nitrogens with one attached hydrogen (secondary N) is 1. The number of benzene rings is 1. The average Bonchev–Trinajstić information content (AvgIpc) is 2.52. The molecular formula is C22H35Cl2N3O. The van der Waals surface area contributed by atoms with Gasteiger partial charge >= 0.3 is 0 Å². The number of aromatic hydroxyl groups is 1. The second-order valence-electron chi connectivity index (χ2n) is 9.18. The smallest absolute Gasteiger partial charge is 0.127 e. The summed E-state index contributed by atoms with van der Waals surface area (Å²) in [4.78, 5) is 6.47. The SMILES string of the molecule is CN(C)c1ccc(-c2cc(C(C)(C)C)cc(CNC(C)(C)C)c2O)cn1.Cl.Cl. The minimum absolute atomic E-state index is 0. The number of anilines is 1. The highest BCUT2D eigenvalue weighted by Gasteiger charge is 2.20. The highest BCUT2D eigenvalue weighted by atomic mass is 35.5. The van der Waals surface area contributed by atoms with Crippen LogP contribution >= 0.6 is 24.8 Å². The lowest BCUT2D eigenvalue weighted by Gasteiger charge is -2.25. The monoisotopic (exact) mass is 427 g/mol. The number of hydrogen-bond donors (Lipinski definition) is 2. The van der Waals surface area contributed by atoms with E-state index in [2.05, 4.69) is 64.0 Å². The fraction of sp³-hybridized carbons (Fsp3) is 0.500. The summed E-state index contributed by atoms with van der Waals surface area (Å²) in [5, 5.41) is 14.4. The van der Waals surface area contributed by atoms with E-state index < -0.39 is 0 Å². The van der Waals surface area contributed by atoms with Gasteiger partial charge in [0, 0.05) is 49.1 Å². The summed E-state index contributed by atoms with van der Waals surface area (Å²) in [6, 6.07) is 8.19. The predicted octanol–water partition coefficient (Wildman–Crippen LogP) is 5.55. The number of phenolic OH excluding ortho intramolecular Hbond substituents is 1. The first-order valence-electron chi connectivity index (χ1n) is 9.13. The fourth-order valence-corrected chi connectivity index (χ4v) is 2.65. The Morgan fingerprint density at radius 3 is 2.04 bits per heavy atom. The first kappa shape index (κ1) is 26.5. The summed E-state index contributed by atoms with van der Waals surface area (Å²) in [5.41, 5.74) is 3.86. The minimum Gasteiger partial charge on any atom is -0.507 e. The molecule has 0 bridgehead atoms. The van der Waals surface area contributed by atoms with Crippen molar-refractivity contribution in [3.05, 3.63) is 41.6 Å². The normalized spacial score (nSPS) is 11.4. The average molecular weight is 428 g/mol. The van der Waals surface area contributed by atoms with Crippen molar-refractivity contribution >= 4 is 30.6 Å². The van der Waals surface area contributed by atoms with Crippen LogP contribution in [0.1, 0.15) is 52.7 Å². The van der Waals surface area contributed by atoms with Crippen LogP contribution in [-0.4, -0.2) is 29.7 Å². The maximum Gasteiger partial charge on any atom is 0.127 e. The van der Waals surface area contributed by atoms with Crippen molar-refractivity contribution < 1.29 is 5.11 Å². The molecule has 2 rings (SSSR count). The van der Waals surface area contributed by atoms with Crippen molar-refractivity contribution in [2.45, 2.75) is 59.0 Å². The van der Waals surface area contributed by atoms with Gasteiger partial charge in [0.1, 0.15) is 11.6 Å². The van der Waals surface area contributed by atoms with E-state index in [1.165, 1.54) is 5.56 Å². The Morgan fingerprint density at radius 1 is 1.00 bits per heavy atom. The molecule has 0 aliphatic carbocycles. The highest BCUT2D eigenvalue weighted by Crippen LogP contribution is 2.37. The summed E-state index contributed by atoms with van der Waals surface area (Å²) >= 11 is 0. The van der Waals surface area contributed by atoms with Crippen LogP contribution in [0.2, 0.25) is 0 Å². The third kappa shape index (κ3) is 6.84. The van der Waals surface area contributed by atoms with Crippen LogP contribution in [-0.2, 0) is 12.0 Å². The van der Waals surface area contributed by atoms with Gasteiger partial charge in [-0.25, -0.2) is 4.98 Å². The Kier molecular flexibility index (Phi) is 9.29. The van der Waals surface area contributed by atoms with E-state index in [0.717, 1.165) is 22.5 Å². The molecule has 1 aromatic heterocycles. The first-order chi connectivity index (χ1) is 11.9. The molecule has 6 heteroatoms. The third-order valence-corrected chi connectivity index (χ3v) is 4.38. The molecule has 1 aromatic carbocycles. The van der Waals surface area contributed by atoms with Crippen molar-refractivity contribution in [2.24, 2.45) is 0 Å². The van der Waals surface area contributed by atoms with Crippen LogP contribution in [0.4, 0.5) is 5.82 Å². The Balaban J connectivity index is 0.00000364. The molecule has 2 N–H and O–H groups in total. The number of hydrogen-bond acceptors (Lipinski definition) is 4. The van der Waals surface area contributed by atoms with E-state index in [4.69, 9.17) is 0 Å². The number of rotatable bonds is 4. The third-order valence-electron chi connectivity index (χ3n) is 4.38. The molecule has 4 nitrogen and oxygen atoms in total. The van der Waals surface area contributed by atoms with Crippen molar-refractivity contribution in [1.29, 1.82) is 0 Å². The van der Waals surface area contributed by atoms with Gasteiger partial charge in [-0.1, -0.05) is 26.8 Å². The standard InChI is InChI=1S/C22H33N3O.2ClH/c1-21(2,3)17-11-16(14-24-22(4,5)6)20(26)18(12-17)15-9-10-19(23-13-15)25(7)8;;/h9-13,24,26H,14H2,1-8H3;2*1H. The van der Waals surface area contributed by atoms with Crippen molar-refractivity contribution in [3.63, 3.8) is 0 Å². The Labute approximate surface area is 182 Å². The molecule has 28 heavy (non-hydrogen) atoms. The predicted molar refractivity (Wildman–Crippen MR) is 125 cm³/mol. The van der Waals surface area contributed by atoms with Crippen molar-refractivity contribution in [2.75, 3.05) is 19.0 Å². The Hall–Kier alpha value is -1.49. The molecule has 0 spiro atoms. The lowest BCUT2D eigenvalue weighted by atomic mass is 9.83. The maximum atomic E-state index is 10.9. The van der Waals surface area contributed by atoms with Gasteiger partial charge in [-0.2, -0.15) is 0 Å². The quantitative estimate of drug-likeness (QED) is 0.671. The lowest BCUT2D eigenvalue weighted by molar-refractivity contribution is 0.411. The van der Waals surface area contributed by atoms with Crippen LogP contribution in [0.25, 0.3) is 11.1 Å². The molecule has 1 heterocycles. The Morgan fingerprint density at radius 2 is 1.61 bits per heavy atom. The minimum atomic E-state index is -0.0146. The number of phenols is 1. The van der Waals surface area contributed by atoms with Gasteiger partial charge in [0.15, 0.2) is 0 Å².